The van der Waals surface area contributed by atoms with Gasteiger partial charge in [-0.15, -0.1) is 10.2 Å². The first-order valence-electron chi connectivity index (χ1n) is 8.90. The van der Waals surface area contributed by atoms with E-state index in [-0.39, 0.29) is 0 Å². The lowest BCUT2D eigenvalue weighted by Crippen LogP contribution is -2.34. The van der Waals surface area contributed by atoms with Crippen molar-refractivity contribution in [1.82, 2.24) is 29.5 Å². The zero-order valence-corrected chi connectivity index (χ0v) is 14.6. The summed E-state index contributed by atoms with van der Waals surface area (Å²) in [6.45, 7) is 4.17. The average Bonchev–Trinajstić information content (AvgIpc) is 3.22. The summed E-state index contributed by atoms with van der Waals surface area (Å²) in [5, 5.41) is 8.82. The first-order valence-corrected chi connectivity index (χ1v) is 8.90. The van der Waals surface area contributed by atoms with Crippen molar-refractivity contribution in [3.8, 4) is 0 Å². The normalized spacial score (nSPS) is 21.7. The summed E-state index contributed by atoms with van der Waals surface area (Å²) in [5.41, 5.74) is 1.34. The van der Waals surface area contributed by atoms with Crippen LogP contribution in [0.25, 0.3) is 0 Å². The van der Waals surface area contributed by atoms with E-state index in [9.17, 15) is 0 Å². The topological polar surface area (TPSA) is 50.1 Å². The quantitative estimate of drug-likeness (QED) is 0.810. The molecule has 2 fully saturated rings. The highest BCUT2D eigenvalue weighted by molar-refractivity contribution is 5.10. The number of likely N-dealkylation sites (tertiary alicyclic amines) is 1. The molecule has 1 atom stereocenters. The van der Waals surface area contributed by atoms with Crippen LogP contribution in [0, 0.1) is 0 Å². The number of hydrogen-bond acceptors (Lipinski definition) is 5. The second-order valence-electron chi connectivity index (χ2n) is 7.26. The van der Waals surface area contributed by atoms with Crippen molar-refractivity contribution in [1.29, 1.82) is 0 Å². The maximum absolute atomic E-state index is 4.43. The number of aromatic nitrogens is 4. The van der Waals surface area contributed by atoms with E-state index in [4.69, 9.17) is 0 Å². The van der Waals surface area contributed by atoms with Crippen molar-refractivity contribution >= 4 is 0 Å². The minimum Gasteiger partial charge on any atom is -0.317 e. The first kappa shape index (κ1) is 15.7. The zero-order valence-electron chi connectivity index (χ0n) is 14.6. The minimum absolute atomic E-state index is 0.591. The lowest BCUT2D eigenvalue weighted by molar-refractivity contribution is 0.216. The van der Waals surface area contributed by atoms with Gasteiger partial charge in [0.15, 0.2) is 0 Å². The summed E-state index contributed by atoms with van der Waals surface area (Å²) in [5.74, 6) is 2.92. The summed E-state index contributed by atoms with van der Waals surface area (Å²) in [4.78, 5) is 9.06. The van der Waals surface area contributed by atoms with Gasteiger partial charge in [-0.25, -0.2) is 0 Å². The van der Waals surface area contributed by atoms with Crippen molar-refractivity contribution in [2.45, 2.75) is 44.3 Å². The highest BCUT2D eigenvalue weighted by atomic mass is 15.3. The lowest BCUT2D eigenvalue weighted by atomic mass is 10.2. The number of likely N-dealkylation sites (N-methyl/N-ethyl adjacent to an activating group) is 1. The predicted octanol–water partition coefficient (Wildman–Crippen LogP) is 1.79. The molecule has 2 aliphatic rings. The fourth-order valence-electron chi connectivity index (χ4n) is 3.62. The van der Waals surface area contributed by atoms with Crippen LogP contribution >= 0.6 is 0 Å². The molecule has 128 valence electrons. The fourth-order valence-corrected chi connectivity index (χ4v) is 3.62. The van der Waals surface area contributed by atoms with Gasteiger partial charge < -0.3 is 4.57 Å². The first-order chi connectivity index (χ1) is 11.7. The third kappa shape index (κ3) is 3.35. The van der Waals surface area contributed by atoms with E-state index in [1.54, 1.807) is 0 Å². The second-order valence-corrected chi connectivity index (χ2v) is 7.26. The van der Waals surface area contributed by atoms with Crippen molar-refractivity contribution in [2.24, 2.45) is 7.05 Å². The molecule has 6 nitrogen and oxygen atoms in total. The molecule has 0 N–H and O–H groups in total. The van der Waals surface area contributed by atoms with Crippen LogP contribution in [0.5, 0.6) is 0 Å². The van der Waals surface area contributed by atoms with Crippen LogP contribution in [-0.2, 0) is 20.1 Å². The molecule has 2 aromatic heterocycles. The molecular weight excluding hydrogens is 300 g/mol. The molecule has 1 saturated heterocycles. The number of rotatable bonds is 6. The summed E-state index contributed by atoms with van der Waals surface area (Å²) in [6, 6.07) is 4.80. The van der Waals surface area contributed by atoms with E-state index in [0.29, 0.717) is 12.0 Å². The van der Waals surface area contributed by atoms with Crippen LogP contribution in [0.3, 0.4) is 0 Å². The molecule has 0 bridgehead atoms. The Balaban J connectivity index is 1.33. The Morgan fingerprint density at radius 3 is 2.71 bits per heavy atom. The summed E-state index contributed by atoms with van der Waals surface area (Å²) < 4.78 is 2.21. The van der Waals surface area contributed by atoms with Crippen molar-refractivity contribution in [3.05, 3.63) is 41.7 Å². The molecule has 3 heterocycles. The predicted molar refractivity (Wildman–Crippen MR) is 92.4 cm³/mol. The number of pyridine rings is 1. The maximum Gasteiger partial charge on any atom is 0.146 e. The Labute approximate surface area is 143 Å². The van der Waals surface area contributed by atoms with Gasteiger partial charge in [0, 0.05) is 51.0 Å². The van der Waals surface area contributed by atoms with E-state index in [1.807, 2.05) is 12.4 Å². The monoisotopic (exact) mass is 326 g/mol. The van der Waals surface area contributed by atoms with E-state index in [1.165, 1.54) is 30.7 Å². The third-order valence-corrected chi connectivity index (χ3v) is 5.36. The van der Waals surface area contributed by atoms with Gasteiger partial charge in [-0.3, -0.25) is 14.8 Å². The minimum atomic E-state index is 0.591. The Morgan fingerprint density at radius 1 is 1.17 bits per heavy atom. The number of nitrogens with zero attached hydrogens (tertiary/aromatic N) is 6. The summed E-state index contributed by atoms with van der Waals surface area (Å²) in [6.07, 6.45) is 7.51. The molecule has 0 amide bonds. The van der Waals surface area contributed by atoms with Gasteiger partial charge in [0.2, 0.25) is 0 Å². The van der Waals surface area contributed by atoms with Gasteiger partial charge in [0.25, 0.3) is 0 Å². The van der Waals surface area contributed by atoms with Gasteiger partial charge in [-0.2, -0.15) is 0 Å². The van der Waals surface area contributed by atoms with Crippen LogP contribution in [0.1, 0.15) is 42.4 Å². The smallest absolute Gasteiger partial charge is 0.146 e. The summed E-state index contributed by atoms with van der Waals surface area (Å²) >= 11 is 0. The molecule has 1 saturated carbocycles. The third-order valence-electron chi connectivity index (χ3n) is 5.36. The molecule has 4 rings (SSSR count). The van der Waals surface area contributed by atoms with Crippen molar-refractivity contribution in [2.75, 3.05) is 20.1 Å². The highest BCUT2D eigenvalue weighted by Crippen LogP contribution is 2.38. The molecular formula is C18H26N6. The van der Waals surface area contributed by atoms with Crippen LogP contribution in [0.2, 0.25) is 0 Å². The van der Waals surface area contributed by atoms with Gasteiger partial charge >= 0.3 is 0 Å². The van der Waals surface area contributed by atoms with Gasteiger partial charge in [-0.1, -0.05) is 0 Å². The van der Waals surface area contributed by atoms with Crippen LogP contribution in [0.4, 0.5) is 0 Å². The molecule has 0 aromatic carbocycles. The lowest BCUT2D eigenvalue weighted by Gasteiger charge is -2.24. The number of hydrogen-bond donors (Lipinski definition) is 0. The van der Waals surface area contributed by atoms with Crippen molar-refractivity contribution < 1.29 is 0 Å². The molecule has 2 aromatic rings. The Kier molecular flexibility index (Phi) is 4.33. The molecule has 0 radical (unpaired) electrons. The van der Waals surface area contributed by atoms with Crippen LogP contribution < -0.4 is 0 Å². The van der Waals surface area contributed by atoms with E-state index in [2.05, 4.69) is 55.8 Å². The molecule has 0 unspecified atom stereocenters. The second kappa shape index (κ2) is 6.61. The molecule has 6 heteroatoms. The van der Waals surface area contributed by atoms with Gasteiger partial charge in [0.05, 0.1) is 6.54 Å². The molecule has 1 aliphatic carbocycles. The Bertz CT molecular complexity index is 678. The Hall–Kier alpha value is -1.79. The Morgan fingerprint density at radius 2 is 1.96 bits per heavy atom. The van der Waals surface area contributed by atoms with Crippen LogP contribution in [-0.4, -0.2) is 55.7 Å². The molecule has 0 spiro atoms. The summed E-state index contributed by atoms with van der Waals surface area (Å²) in [7, 11) is 4.33. The largest absolute Gasteiger partial charge is 0.317 e. The molecule has 24 heavy (non-hydrogen) atoms. The van der Waals surface area contributed by atoms with E-state index >= 15 is 0 Å². The van der Waals surface area contributed by atoms with Gasteiger partial charge in [-0.05, 0) is 44.0 Å². The zero-order chi connectivity index (χ0) is 16.5. The van der Waals surface area contributed by atoms with E-state index < -0.39 is 0 Å². The van der Waals surface area contributed by atoms with Crippen LogP contribution in [0.15, 0.2) is 24.5 Å². The van der Waals surface area contributed by atoms with Crippen molar-refractivity contribution in [3.63, 3.8) is 0 Å². The highest BCUT2D eigenvalue weighted by Gasteiger charge is 2.30. The maximum atomic E-state index is 4.43. The standard InChI is InChI=1S/C18H26N6/c1-22(13-17-20-21-18(23(17)2)15-3-4-15)16-7-10-24(12-16)11-14-5-8-19-9-6-14/h5-6,8-9,15-16H,3-4,7,10-13H2,1-2H3/t16-/m1/s1. The average molecular weight is 326 g/mol. The van der Waals surface area contributed by atoms with Gasteiger partial charge in [0.1, 0.15) is 11.6 Å². The van der Waals surface area contributed by atoms with E-state index in [0.717, 1.165) is 32.0 Å². The SMILES string of the molecule is CN(Cc1nnc(C2CC2)n1C)[C@@H]1CCN(Cc2ccncc2)C1. The molecule has 1 aliphatic heterocycles. The fraction of sp³-hybridized carbons (Fsp3) is 0.611.